The van der Waals surface area contributed by atoms with Gasteiger partial charge in [-0.3, -0.25) is 4.79 Å². The minimum atomic E-state index is -4.84. The molecule has 104 valence electrons. The lowest BCUT2D eigenvalue weighted by Crippen LogP contribution is -2.59. The molecule has 0 bridgehead atoms. The molecule has 0 aliphatic carbocycles. The topological polar surface area (TPSA) is 46.5 Å². The van der Waals surface area contributed by atoms with E-state index in [1.54, 1.807) is 6.92 Å². The summed E-state index contributed by atoms with van der Waals surface area (Å²) in [5, 5.41) is 9.58. The van der Waals surface area contributed by atoms with Gasteiger partial charge in [0.15, 0.2) is 5.78 Å². The van der Waals surface area contributed by atoms with Crippen LogP contribution in [0.15, 0.2) is 18.2 Å². The van der Waals surface area contributed by atoms with Crippen molar-refractivity contribution >= 4 is 5.78 Å². The number of fused-ring (bicyclic) bond motifs is 1. The van der Waals surface area contributed by atoms with E-state index in [4.69, 9.17) is 0 Å². The Morgan fingerprint density at radius 3 is 2.63 bits per heavy atom. The summed E-state index contributed by atoms with van der Waals surface area (Å²) in [4.78, 5) is 11.7. The van der Waals surface area contributed by atoms with Crippen molar-refractivity contribution in [3.63, 3.8) is 0 Å². The second-order valence-corrected chi connectivity index (χ2v) is 4.41. The van der Waals surface area contributed by atoms with Crippen molar-refractivity contribution in [1.29, 1.82) is 0 Å². The van der Waals surface area contributed by atoms with Gasteiger partial charge in [-0.1, -0.05) is 11.6 Å². The van der Waals surface area contributed by atoms with Gasteiger partial charge < -0.3 is 9.84 Å². The number of hydrogen-bond donors (Lipinski definition) is 1. The normalized spacial score (nSPS) is 23.2. The van der Waals surface area contributed by atoms with Crippen molar-refractivity contribution in [1.82, 2.24) is 0 Å². The van der Waals surface area contributed by atoms with Gasteiger partial charge in [-0.15, -0.1) is 0 Å². The first-order chi connectivity index (χ1) is 8.67. The van der Waals surface area contributed by atoms with Gasteiger partial charge in [-0.25, -0.2) is 8.78 Å². The molecule has 0 aromatic heterocycles. The number of rotatable bonds is 2. The van der Waals surface area contributed by atoms with E-state index in [-0.39, 0.29) is 11.3 Å². The zero-order valence-corrected chi connectivity index (χ0v) is 9.79. The van der Waals surface area contributed by atoms with Crippen molar-refractivity contribution in [2.24, 2.45) is 0 Å². The quantitative estimate of drug-likeness (QED) is 0.846. The summed E-state index contributed by atoms with van der Waals surface area (Å²) in [6.07, 6.45) is -5.36. The summed E-state index contributed by atoms with van der Waals surface area (Å²) in [5.74, 6) is -9.57. The maximum atomic E-state index is 13.3. The number of aliphatic hydroxyl groups is 1. The summed E-state index contributed by atoms with van der Waals surface area (Å²) in [6.45, 7) is 1.67. The van der Waals surface area contributed by atoms with Gasteiger partial charge >= 0.3 is 12.3 Å². The van der Waals surface area contributed by atoms with Crippen LogP contribution in [0.4, 0.5) is 17.6 Å². The molecule has 1 aliphatic heterocycles. The third-order valence-corrected chi connectivity index (χ3v) is 2.91. The number of carbonyl (C=O) groups is 1. The predicted molar refractivity (Wildman–Crippen MR) is 56.7 cm³/mol. The smallest absolute Gasteiger partial charge is 0.371 e. The van der Waals surface area contributed by atoms with Crippen LogP contribution in [0.3, 0.4) is 0 Å². The monoisotopic (exact) mass is 278 g/mol. The van der Waals surface area contributed by atoms with E-state index in [2.05, 4.69) is 4.74 Å². The lowest BCUT2D eigenvalue weighted by molar-refractivity contribution is -0.316. The van der Waals surface area contributed by atoms with Crippen molar-refractivity contribution in [3.8, 4) is 5.75 Å². The number of hydrogen-bond acceptors (Lipinski definition) is 3. The van der Waals surface area contributed by atoms with Gasteiger partial charge in [-0.2, -0.15) is 8.78 Å². The Hall–Kier alpha value is -1.63. The first-order valence-corrected chi connectivity index (χ1v) is 5.38. The van der Waals surface area contributed by atoms with Crippen LogP contribution in [-0.2, 0) is 0 Å². The van der Waals surface area contributed by atoms with Crippen LogP contribution in [0.5, 0.6) is 5.75 Å². The van der Waals surface area contributed by atoms with Crippen LogP contribution in [-0.4, -0.2) is 29.0 Å². The van der Waals surface area contributed by atoms with Gasteiger partial charge in [0.05, 0.1) is 12.0 Å². The summed E-state index contributed by atoms with van der Waals surface area (Å²) in [5.41, 5.74) is 0.677. The van der Waals surface area contributed by atoms with Gasteiger partial charge in [-0.05, 0) is 19.1 Å². The summed E-state index contributed by atoms with van der Waals surface area (Å²) < 4.78 is 55.8. The Morgan fingerprint density at radius 2 is 2.05 bits per heavy atom. The van der Waals surface area contributed by atoms with Crippen molar-refractivity contribution in [3.05, 3.63) is 29.3 Å². The minimum Gasteiger partial charge on any atom is -0.454 e. The highest BCUT2D eigenvalue weighted by molar-refractivity contribution is 6.00. The Labute approximate surface area is 105 Å². The molecule has 0 unspecified atom stereocenters. The molecule has 0 radical (unpaired) electrons. The highest BCUT2D eigenvalue weighted by Crippen LogP contribution is 2.43. The zero-order chi connectivity index (χ0) is 14.4. The fourth-order valence-corrected chi connectivity index (χ4v) is 1.84. The molecule has 3 nitrogen and oxygen atoms in total. The van der Waals surface area contributed by atoms with E-state index in [9.17, 15) is 27.5 Å². The van der Waals surface area contributed by atoms with Gasteiger partial charge in [0.1, 0.15) is 5.75 Å². The number of ether oxygens (including phenoxy) is 1. The second kappa shape index (κ2) is 4.19. The third kappa shape index (κ3) is 2.07. The van der Waals surface area contributed by atoms with Crippen LogP contribution in [0.1, 0.15) is 22.3 Å². The van der Waals surface area contributed by atoms with E-state index < -0.39 is 30.3 Å². The first kappa shape index (κ1) is 13.8. The van der Waals surface area contributed by atoms with Crippen LogP contribution in [0.25, 0.3) is 0 Å². The second-order valence-electron chi connectivity index (χ2n) is 4.41. The number of Topliss-reactive ketones (excluding diaryl/α,β-unsaturated/α-hetero) is 1. The standard InChI is InChI=1S/C12H10F4O3/c1-6-2-3-9-7(4-6)8(17)5-11(18,19-9)12(15,16)10(13)14/h2-4,10,18H,5H2,1H3/t11-/m1/s1. The molecular weight excluding hydrogens is 268 g/mol. The van der Waals surface area contributed by atoms with Crippen LogP contribution < -0.4 is 4.74 Å². The van der Waals surface area contributed by atoms with Crippen molar-refractivity contribution < 1.29 is 32.2 Å². The van der Waals surface area contributed by atoms with Gasteiger partial charge in [0.2, 0.25) is 0 Å². The average molecular weight is 278 g/mol. The van der Waals surface area contributed by atoms with E-state index in [0.717, 1.165) is 0 Å². The first-order valence-electron chi connectivity index (χ1n) is 5.38. The lowest BCUT2D eigenvalue weighted by Gasteiger charge is -2.38. The highest BCUT2D eigenvalue weighted by Gasteiger charge is 2.64. The molecular formula is C12H10F4O3. The SMILES string of the molecule is Cc1ccc2c(c1)C(=O)C[C@](O)(C(F)(F)C(F)F)O2. The number of aryl methyl sites for hydroxylation is 1. The molecule has 0 fully saturated rings. The predicted octanol–water partition coefficient (Wildman–Crippen LogP) is 2.55. The Balaban J connectivity index is 2.46. The van der Waals surface area contributed by atoms with Crippen LogP contribution in [0.2, 0.25) is 0 Å². The van der Waals surface area contributed by atoms with Crippen molar-refractivity contribution in [2.75, 3.05) is 0 Å². The number of halogens is 4. The molecule has 0 amide bonds. The molecule has 1 atom stereocenters. The maximum absolute atomic E-state index is 13.3. The minimum absolute atomic E-state index is 0.00487. The number of alkyl halides is 4. The zero-order valence-electron chi connectivity index (χ0n) is 9.79. The van der Waals surface area contributed by atoms with Gasteiger partial charge in [0.25, 0.3) is 5.79 Å². The molecule has 7 heteroatoms. The summed E-state index contributed by atoms with van der Waals surface area (Å²) >= 11 is 0. The average Bonchev–Trinajstić information content (AvgIpc) is 2.30. The molecule has 19 heavy (non-hydrogen) atoms. The summed E-state index contributed by atoms with van der Waals surface area (Å²) in [7, 11) is 0. The fourth-order valence-electron chi connectivity index (χ4n) is 1.84. The van der Waals surface area contributed by atoms with Gasteiger partial charge in [0, 0.05) is 0 Å². The number of ketones is 1. The maximum Gasteiger partial charge on any atom is 0.371 e. The largest absolute Gasteiger partial charge is 0.454 e. The Morgan fingerprint density at radius 1 is 1.42 bits per heavy atom. The summed E-state index contributed by atoms with van der Waals surface area (Å²) in [6, 6.07) is 4.03. The fraction of sp³-hybridized carbons (Fsp3) is 0.417. The molecule has 1 aromatic rings. The molecule has 1 heterocycles. The van der Waals surface area contributed by atoms with E-state index >= 15 is 0 Å². The third-order valence-electron chi connectivity index (χ3n) is 2.91. The highest BCUT2D eigenvalue weighted by atomic mass is 19.3. The van der Waals surface area contributed by atoms with Crippen LogP contribution >= 0.6 is 0 Å². The van der Waals surface area contributed by atoms with Crippen LogP contribution in [0, 0.1) is 6.92 Å². The van der Waals surface area contributed by atoms with E-state index in [1.165, 1.54) is 18.2 Å². The molecule has 0 saturated heterocycles. The Bertz CT molecular complexity index is 530. The molecule has 2 rings (SSSR count). The van der Waals surface area contributed by atoms with E-state index in [0.29, 0.717) is 5.56 Å². The Kier molecular flexibility index (Phi) is 3.04. The lowest BCUT2D eigenvalue weighted by atomic mass is 9.93. The van der Waals surface area contributed by atoms with E-state index in [1.807, 2.05) is 0 Å². The number of benzene rings is 1. The molecule has 0 saturated carbocycles. The molecule has 1 N–H and O–H groups in total. The van der Waals surface area contributed by atoms with Crippen molar-refractivity contribution in [2.45, 2.75) is 31.5 Å². The molecule has 0 spiro atoms. The number of carbonyl (C=O) groups excluding carboxylic acids is 1. The molecule has 1 aliphatic rings. The molecule has 1 aromatic carbocycles.